The molecule has 13 nitrogen and oxygen atoms in total. The Kier molecular flexibility index (Phi) is 6.19. The van der Waals surface area contributed by atoms with E-state index in [4.69, 9.17) is 31.3 Å². The molecule has 1 fully saturated rings. The molecule has 0 saturated carbocycles. The number of fused-ring (bicyclic) bond motifs is 1. The summed E-state index contributed by atoms with van der Waals surface area (Å²) in [5.74, 6) is -0.795. The third kappa shape index (κ3) is 4.43. The maximum absolute atomic E-state index is 13.4. The molecule has 4 heterocycles. The van der Waals surface area contributed by atoms with Crippen molar-refractivity contribution in [3.8, 4) is 11.6 Å². The summed E-state index contributed by atoms with van der Waals surface area (Å²) in [7, 11) is 1.49. The topological polar surface area (TPSA) is 171 Å². The number of ether oxygens (including phenoxy) is 2. The van der Waals surface area contributed by atoms with Gasteiger partial charge >= 0.3 is 0 Å². The highest BCUT2D eigenvalue weighted by molar-refractivity contribution is 6.33. The Morgan fingerprint density at radius 2 is 2.16 bits per heavy atom. The fourth-order valence-electron chi connectivity index (χ4n) is 3.92. The van der Waals surface area contributed by atoms with Gasteiger partial charge in [-0.2, -0.15) is 0 Å². The number of pyridine rings is 1. The first-order valence-electron chi connectivity index (χ1n) is 11.1. The first-order valence-corrected chi connectivity index (χ1v) is 11.4. The van der Waals surface area contributed by atoms with Gasteiger partial charge in [0.15, 0.2) is 28.9 Å². The Labute approximate surface area is 214 Å². The van der Waals surface area contributed by atoms with E-state index in [1.165, 1.54) is 35.9 Å². The molecule has 0 bridgehead atoms. The zero-order valence-electron chi connectivity index (χ0n) is 19.7. The van der Waals surface area contributed by atoms with Crippen LogP contribution in [0.5, 0.6) is 5.88 Å². The van der Waals surface area contributed by atoms with Crippen molar-refractivity contribution in [2.45, 2.75) is 18.6 Å². The van der Waals surface area contributed by atoms with Crippen molar-refractivity contribution in [3.63, 3.8) is 0 Å². The molecule has 1 aliphatic heterocycles. The van der Waals surface area contributed by atoms with Gasteiger partial charge in [0.05, 0.1) is 37.5 Å². The Bertz CT molecular complexity index is 1500. The number of morpholine rings is 1. The number of aliphatic hydroxyl groups is 1. The van der Waals surface area contributed by atoms with Gasteiger partial charge in [0, 0.05) is 24.0 Å². The largest absolute Gasteiger partial charge is 0.481 e. The van der Waals surface area contributed by atoms with Crippen LogP contribution in [0.25, 0.3) is 16.7 Å². The summed E-state index contributed by atoms with van der Waals surface area (Å²) in [6.45, 7) is 1.35. The summed E-state index contributed by atoms with van der Waals surface area (Å²) in [5, 5.41) is 22.5. The Hall–Kier alpha value is -4.20. The predicted octanol–water partition coefficient (Wildman–Crippen LogP) is 1.77. The molecule has 2 unspecified atom stereocenters. The van der Waals surface area contributed by atoms with Crippen LogP contribution >= 0.6 is 11.6 Å². The van der Waals surface area contributed by atoms with Gasteiger partial charge in [-0.05, 0) is 25.1 Å². The maximum Gasteiger partial charge on any atom is 0.261 e. The third-order valence-electron chi connectivity index (χ3n) is 5.92. The monoisotopic (exact) mass is 527 g/mol. The summed E-state index contributed by atoms with van der Waals surface area (Å²) in [5.41, 5.74) is 4.74. The van der Waals surface area contributed by atoms with E-state index in [9.17, 15) is 14.7 Å². The standard InChI is InChI=1S/C23H22ClN7O6/c1-23(34,22(33)27-12-3-4-14-16(9-12)37-29-19(14)25)18-21(32)30(7-8-36-18)20-15(24)11-31(28-20)13-5-6-26-17(10-13)35-2/h3-6,9-11,18,34H,7-8H2,1-2H3,(H2,25,29)(H,27,33). The highest BCUT2D eigenvalue weighted by atomic mass is 35.5. The summed E-state index contributed by atoms with van der Waals surface area (Å²) in [6, 6.07) is 8.03. The van der Waals surface area contributed by atoms with Gasteiger partial charge in [-0.3, -0.25) is 14.5 Å². The maximum atomic E-state index is 13.4. The Morgan fingerprint density at radius 3 is 2.95 bits per heavy atom. The highest BCUT2D eigenvalue weighted by Crippen LogP contribution is 2.31. The second-order valence-corrected chi connectivity index (χ2v) is 8.83. The number of benzene rings is 1. The number of rotatable bonds is 6. The van der Waals surface area contributed by atoms with Gasteiger partial charge in [0.1, 0.15) is 5.02 Å². The fraction of sp³-hybridized carbons (Fsp3) is 0.261. The molecule has 4 N–H and O–H groups in total. The van der Waals surface area contributed by atoms with Crippen molar-refractivity contribution in [2.75, 3.05) is 36.2 Å². The first kappa shape index (κ1) is 24.5. The van der Waals surface area contributed by atoms with E-state index in [2.05, 4.69) is 20.6 Å². The van der Waals surface area contributed by atoms with Crippen LogP contribution in [-0.2, 0) is 14.3 Å². The van der Waals surface area contributed by atoms with Crippen LogP contribution in [0.4, 0.5) is 17.3 Å². The number of nitrogens with two attached hydrogens (primary N) is 1. The minimum absolute atomic E-state index is 0.0371. The second kappa shape index (κ2) is 9.35. The van der Waals surface area contributed by atoms with E-state index < -0.39 is 23.5 Å². The van der Waals surface area contributed by atoms with E-state index >= 15 is 0 Å². The summed E-state index contributed by atoms with van der Waals surface area (Å²) in [6.07, 6.45) is 1.55. The van der Waals surface area contributed by atoms with E-state index in [0.717, 1.165) is 0 Å². The van der Waals surface area contributed by atoms with Crippen LogP contribution in [0.2, 0.25) is 5.02 Å². The van der Waals surface area contributed by atoms with Crippen molar-refractivity contribution in [3.05, 3.63) is 47.7 Å². The average molecular weight is 528 g/mol. The molecular weight excluding hydrogens is 506 g/mol. The quantitative estimate of drug-likeness (QED) is 0.335. The number of carbonyl (C=O) groups is 2. The van der Waals surface area contributed by atoms with E-state index in [1.807, 2.05) is 0 Å². The van der Waals surface area contributed by atoms with Crippen molar-refractivity contribution >= 4 is 51.7 Å². The fourth-order valence-corrected chi connectivity index (χ4v) is 4.15. The lowest BCUT2D eigenvalue weighted by molar-refractivity contribution is -0.165. The molecule has 4 aromatic rings. The van der Waals surface area contributed by atoms with E-state index in [0.29, 0.717) is 28.2 Å². The first-order chi connectivity index (χ1) is 17.7. The highest BCUT2D eigenvalue weighted by Gasteiger charge is 2.49. The predicted molar refractivity (Wildman–Crippen MR) is 133 cm³/mol. The van der Waals surface area contributed by atoms with Gasteiger partial charge in [0.25, 0.3) is 11.8 Å². The van der Waals surface area contributed by atoms with Crippen molar-refractivity contribution < 1.29 is 28.7 Å². The Morgan fingerprint density at radius 1 is 1.35 bits per heavy atom. The van der Waals surface area contributed by atoms with Crippen LogP contribution in [0.1, 0.15) is 6.92 Å². The van der Waals surface area contributed by atoms with Crippen molar-refractivity contribution in [2.24, 2.45) is 0 Å². The number of nitrogens with zero attached hydrogens (tertiary/aromatic N) is 5. The van der Waals surface area contributed by atoms with Crippen LogP contribution in [0.15, 0.2) is 47.2 Å². The molecule has 2 amide bonds. The Balaban J connectivity index is 1.36. The van der Waals surface area contributed by atoms with Crippen molar-refractivity contribution in [1.29, 1.82) is 0 Å². The number of halogens is 1. The van der Waals surface area contributed by atoms with Gasteiger partial charge in [-0.1, -0.05) is 16.8 Å². The number of anilines is 3. The number of hydrogen-bond acceptors (Lipinski definition) is 10. The number of amides is 2. The molecule has 37 heavy (non-hydrogen) atoms. The zero-order chi connectivity index (χ0) is 26.3. The number of methoxy groups -OCH3 is 1. The number of carbonyl (C=O) groups excluding carboxylic acids is 2. The van der Waals surface area contributed by atoms with Gasteiger partial charge in [-0.15, -0.1) is 5.10 Å². The third-order valence-corrected chi connectivity index (χ3v) is 6.18. The minimum Gasteiger partial charge on any atom is -0.481 e. The molecular formula is C23H22ClN7O6. The molecule has 1 aliphatic rings. The van der Waals surface area contributed by atoms with Gasteiger partial charge in [0.2, 0.25) is 5.88 Å². The molecule has 1 aromatic carbocycles. The van der Waals surface area contributed by atoms with Crippen LogP contribution < -0.4 is 20.7 Å². The van der Waals surface area contributed by atoms with Crippen LogP contribution in [0.3, 0.4) is 0 Å². The molecule has 0 spiro atoms. The zero-order valence-corrected chi connectivity index (χ0v) is 20.5. The van der Waals surface area contributed by atoms with Crippen LogP contribution in [0, 0.1) is 0 Å². The van der Waals surface area contributed by atoms with E-state index in [-0.39, 0.29) is 29.8 Å². The SMILES string of the molecule is COc1cc(-n2cc(Cl)c(N3CCOC(C(C)(O)C(=O)Nc4ccc5c(N)noc5c4)C3=O)n2)ccn1. The van der Waals surface area contributed by atoms with Gasteiger partial charge in [-0.25, -0.2) is 9.67 Å². The second-order valence-electron chi connectivity index (χ2n) is 8.42. The number of aromatic nitrogens is 4. The lowest BCUT2D eigenvalue weighted by Gasteiger charge is -2.37. The number of nitrogen functional groups attached to an aromatic ring is 1. The lowest BCUT2D eigenvalue weighted by Crippen LogP contribution is -2.61. The average Bonchev–Trinajstić information content (AvgIpc) is 3.46. The summed E-state index contributed by atoms with van der Waals surface area (Å²) >= 11 is 6.42. The smallest absolute Gasteiger partial charge is 0.261 e. The molecule has 0 aliphatic carbocycles. The summed E-state index contributed by atoms with van der Waals surface area (Å²) < 4.78 is 17.3. The van der Waals surface area contributed by atoms with E-state index in [1.54, 1.807) is 30.5 Å². The number of nitrogens with one attached hydrogen (secondary N) is 1. The molecule has 2 atom stereocenters. The molecule has 14 heteroatoms. The molecule has 5 rings (SSSR count). The van der Waals surface area contributed by atoms with Gasteiger partial charge < -0.3 is 30.2 Å². The molecule has 0 radical (unpaired) electrons. The van der Waals surface area contributed by atoms with Crippen molar-refractivity contribution in [1.82, 2.24) is 19.9 Å². The lowest BCUT2D eigenvalue weighted by atomic mass is 9.95. The number of hydrogen-bond donors (Lipinski definition) is 3. The molecule has 1 saturated heterocycles. The van der Waals surface area contributed by atoms with Crippen LogP contribution in [-0.4, -0.2) is 68.8 Å². The summed E-state index contributed by atoms with van der Waals surface area (Å²) in [4.78, 5) is 31.8. The normalized spacial score (nSPS) is 17.6. The molecule has 3 aromatic heterocycles. The minimum atomic E-state index is -2.24. The molecule has 192 valence electrons.